The number of likely N-dealkylation sites (tertiary alicyclic amines) is 2. The van der Waals surface area contributed by atoms with Crippen LogP contribution < -0.4 is 10.6 Å². The van der Waals surface area contributed by atoms with Crippen molar-refractivity contribution >= 4 is 17.3 Å². The SMILES string of the molecule is CN=C(NCC1CCCN1C)NCC(c1cccs1)N1CCCC1. The zero-order chi connectivity index (χ0) is 16.8. The number of nitrogens with one attached hydrogen (secondary N) is 2. The van der Waals surface area contributed by atoms with Gasteiger partial charge in [0.25, 0.3) is 0 Å². The Labute approximate surface area is 150 Å². The first-order valence-corrected chi connectivity index (χ1v) is 10.1. The Morgan fingerprint density at radius 3 is 2.75 bits per heavy atom. The predicted octanol–water partition coefficient (Wildman–Crippen LogP) is 2.14. The first-order valence-electron chi connectivity index (χ1n) is 9.20. The van der Waals surface area contributed by atoms with E-state index in [1.807, 2.05) is 18.4 Å². The second-order valence-corrected chi connectivity index (χ2v) is 7.86. The van der Waals surface area contributed by atoms with Gasteiger partial charge < -0.3 is 15.5 Å². The Morgan fingerprint density at radius 2 is 2.12 bits per heavy atom. The van der Waals surface area contributed by atoms with Crippen LogP contribution >= 0.6 is 11.3 Å². The minimum atomic E-state index is 0.459. The predicted molar refractivity (Wildman–Crippen MR) is 103 cm³/mol. The molecule has 5 nitrogen and oxygen atoms in total. The number of thiophene rings is 1. The molecular weight excluding hydrogens is 318 g/mol. The lowest BCUT2D eigenvalue weighted by atomic mass is 10.2. The quantitative estimate of drug-likeness (QED) is 0.610. The lowest BCUT2D eigenvalue weighted by Crippen LogP contribution is -2.46. The molecule has 2 aliphatic heterocycles. The average molecular weight is 350 g/mol. The third-order valence-electron chi connectivity index (χ3n) is 5.32. The number of rotatable bonds is 6. The van der Waals surface area contributed by atoms with Gasteiger partial charge in [-0.25, -0.2) is 0 Å². The van der Waals surface area contributed by atoms with E-state index in [1.165, 1.54) is 50.2 Å². The summed E-state index contributed by atoms with van der Waals surface area (Å²) in [6.07, 6.45) is 5.24. The molecule has 2 atom stereocenters. The van der Waals surface area contributed by atoms with Crippen LogP contribution in [0.25, 0.3) is 0 Å². The largest absolute Gasteiger partial charge is 0.355 e. The van der Waals surface area contributed by atoms with E-state index >= 15 is 0 Å². The third kappa shape index (κ3) is 4.49. The highest BCUT2D eigenvalue weighted by Crippen LogP contribution is 2.27. The molecular formula is C18H31N5S. The maximum atomic E-state index is 4.41. The zero-order valence-corrected chi connectivity index (χ0v) is 15.8. The Bertz CT molecular complexity index is 509. The minimum absolute atomic E-state index is 0.459. The Morgan fingerprint density at radius 1 is 1.29 bits per heavy atom. The molecule has 3 heterocycles. The summed E-state index contributed by atoms with van der Waals surface area (Å²) >= 11 is 1.86. The molecule has 1 aromatic rings. The van der Waals surface area contributed by atoms with Crippen LogP contribution in [0.4, 0.5) is 0 Å². The Hall–Kier alpha value is -1.11. The number of aliphatic imine (C=N–C) groups is 1. The number of hydrogen-bond donors (Lipinski definition) is 2. The maximum Gasteiger partial charge on any atom is 0.191 e. The minimum Gasteiger partial charge on any atom is -0.355 e. The number of nitrogens with zero attached hydrogens (tertiary/aromatic N) is 3. The van der Waals surface area contributed by atoms with Gasteiger partial charge >= 0.3 is 0 Å². The first kappa shape index (κ1) is 17.7. The summed E-state index contributed by atoms with van der Waals surface area (Å²) in [5.41, 5.74) is 0. The second-order valence-electron chi connectivity index (χ2n) is 6.88. The lowest BCUT2D eigenvalue weighted by Gasteiger charge is -2.28. The summed E-state index contributed by atoms with van der Waals surface area (Å²) in [5.74, 6) is 0.927. The van der Waals surface area contributed by atoms with Crippen molar-refractivity contribution in [2.24, 2.45) is 4.99 Å². The van der Waals surface area contributed by atoms with Crippen molar-refractivity contribution in [2.75, 3.05) is 46.8 Å². The van der Waals surface area contributed by atoms with Crippen LogP contribution in [-0.2, 0) is 0 Å². The topological polar surface area (TPSA) is 42.9 Å². The van der Waals surface area contributed by atoms with Crippen molar-refractivity contribution in [1.29, 1.82) is 0 Å². The van der Waals surface area contributed by atoms with Crippen molar-refractivity contribution < 1.29 is 0 Å². The third-order valence-corrected chi connectivity index (χ3v) is 6.29. The van der Waals surface area contributed by atoms with Crippen LogP contribution in [0.1, 0.15) is 36.6 Å². The maximum absolute atomic E-state index is 4.41. The fourth-order valence-corrected chi connectivity index (χ4v) is 4.67. The molecule has 3 rings (SSSR count). The summed E-state index contributed by atoms with van der Waals surface area (Å²) in [4.78, 5) is 10.9. The van der Waals surface area contributed by atoms with Crippen LogP contribution in [0.3, 0.4) is 0 Å². The molecule has 2 N–H and O–H groups in total. The van der Waals surface area contributed by atoms with E-state index in [4.69, 9.17) is 0 Å². The van der Waals surface area contributed by atoms with Crippen molar-refractivity contribution in [1.82, 2.24) is 20.4 Å². The van der Waals surface area contributed by atoms with Crippen molar-refractivity contribution in [3.05, 3.63) is 22.4 Å². The molecule has 0 spiro atoms. The molecule has 0 saturated carbocycles. The van der Waals surface area contributed by atoms with Gasteiger partial charge in [0.05, 0.1) is 6.04 Å². The van der Waals surface area contributed by atoms with E-state index in [1.54, 1.807) is 0 Å². The fraction of sp³-hybridized carbons (Fsp3) is 0.722. The lowest BCUT2D eigenvalue weighted by molar-refractivity contribution is 0.248. The van der Waals surface area contributed by atoms with Gasteiger partial charge in [-0.15, -0.1) is 11.3 Å². The van der Waals surface area contributed by atoms with Gasteiger partial charge in [-0.2, -0.15) is 0 Å². The fourth-order valence-electron chi connectivity index (χ4n) is 3.81. The molecule has 0 bridgehead atoms. The highest BCUT2D eigenvalue weighted by molar-refractivity contribution is 7.10. The summed E-state index contributed by atoms with van der Waals surface area (Å²) in [6.45, 7) is 5.53. The summed E-state index contributed by atoms with van der Waals surface area (Å²) in [5, 5.41) is 9.26. The van der Waals surface area contributed by atoms with Gasteiger partial charge in [0.1, 0.15) is 0 Å². The van der Waals surface area contributed by atoms with Gasteiger partial charge in [0.2, 0.25) is 0 Å². The van der Waals surface area contributed by atoms with Gasteiger partial charge in [0, 0.05) is 31.1 Å². The monoisotopic (exact) mass is 349 g/mol. The zero-order valence-electron chi connectivity index (χ0n) is 15.0. The molecule has 6 heteroatoms. The molecule has 0 aliphatic carbocycles. The second kappa shape index (κ2) is 8.83. The van der Waals surface area contributed by atoms with E-state index in [2.05, 4.69) is 50.0 Å². The van der Waals surface area contributed by atoms with Gasteiger partial charge in [-0.1, -0.05) is 6.07 Å². The van der Waals surface area contributed by atoms with Gasteiger partial charge in [-0.05, 0) is 63.8 Å². The number of likely N-dealkylation sites (N-methyl/N-ethyl adjacent to an activating group) is 1. The van der Waals surface area contributed by atoms with E-state index in [0.717, 1.165) is 19.0 Å². The molecule has 0 aromatic carbocycles. The van der Waals surface area contributed by atoms with Crippen LogP contribution in [-0.4, -0.2) is 68.6 Å². The van der Waals surface area contributed by atoms with Crippen molar-refractivity contribution in [3.8, 4) is 0 Å². The standard InChI is InChI=1S/C18H31N5S/c1-19-18(20-13-15-7-5-9-22(15)2)21-14-16(17-8-6-12-24-17)23-10-3-4-11-23/h6,8,12,15-16H,3-5,7,9-11,13-14H2,1-2H3,(H2,19,20,21). The van der Waals surface area contributed by atoms with E-state index in [0.29, 0.717) is 12.1 Å². The molecule has 2 unspecified atom stereocenters. The molecule has 0 radical (unpaired) electrons. The number of guanidine groups is 1. The van der Waals surface area contributed by atoms with Crippen LogP contribution in [0.15, 0.2) is 22.5 Å². The normalized spacial score (nSPS) is 24.4. The summed E-state index contributed by atoms with van der Waals surface area (Å²) in [7, 11) is 4.08. The van der Waals surface area contributed by atoms with Gasteiger partial charge in [0.15, 0.2) is 5.96 Å². The van der Waals surface area contributed by atoms with Crippen LogP contribution in [0.2, 0.25) is 0 Å². The van der Waals surface area contributed by atoms with E-state index in [-0.39, 0.29) is 0 Å². The first-order chi connectivity index (χ1) is 11.8. The summed E-state index contributed by atoms with van der Waals surface area (Å²) in [6, 6.07) is 5.51. The highest BCUT2D eigenvalue weighted by Gasteiger charge is 2.25. The summed E-state index contributed by atoms with van der Waals surface area (Å²) < 4.78 is 0. The molecule has 1 aromatic heterocycles. The van der Waals surface area contributed by atoms with Crippen molar-refractivity contribution in [3.63, 3.8) is 0 Å². The molecule has 24 heavy (non-hydrogen) atoms. The molecule has 2 saturated heterocycles. The molecule has 134 valence electrons. The smallest absolute Gasteiger partial charge is 0.191 e. The number of hydrogen-bond acceptors (Lipinski definition) is 4. The molecule has 2 fully saturated rings. The average Bonchev–Trinajstić information content (AvgIpc) is 3.34. The Balaban J connectivity index is 1.52. The van der Waals surface area contributed by atoms with Crippen LogP contribution in [0, 0.1) is 0 Å². The van der Waals surface area contributed by atoms with E-state index < -0.39 is 0 Å². The van der Waals surface area contributed by atoms with Gasteiger partial charge in [-0.3, -0.25) is 9.89 Å². The molecule has 2 aliphatic rings. The highest BCUT2D eigenvalue weighted by atomic mass is 32.1. The van der Waals surface area contributed by atoms with E-state index in [9.17, 15) is 0 Å². The van der Waals surface area contributed by atoms with Crippen molar-refractivity contribution in [2.45, 2.75) is 37.8 Å². The Kier molecular flexibility index (Phi) is 6.51. The molecule has 0 amide bonds. The van der Waals surface area contributed by atoms with Crippen LogP contribution in [0.5, 0.6) is 0 Å².